The Hall–Kier alpha value is -1.82. The van der Waals surface area contributed by atoms with Crippen molar-refractivity contribution in [3.63, 3.8) is 0 Å². The van der Waals surface area contributed by atoms with Crippen LogP contribution < -0.4 is 10.6 Å². The van der Waals surface area contributed by atoms with E-state index >= 15 is 0 Å². The van der Waals surface area contributed by atoms with Gasteiger partial charge in [-0.15, -0.1) is 0 Å². The maximum absolute atomic E-state index is 14.1. The number of halogens is 2. The SMILES string of the molecule is CC(C)(C)OC(=O)N1CCc2cc(Cl)c(F)c(C(N)=O)c21. The van der Waals surface area contributed by atoms with Gasteiger partial charge in [0.15, 0.2) is 5.82 Å². The standard InChI is InChI=1S/C14H16ClFN2O3/c1-14(2,3)21-13(20)18-5-4-7-6-8(15)10(16)9(11(7)18)12(17)19/h6H,4-5H2,1-3H3,(H2,17,19). The summed E-state index contributed by atoms with van der Waals surface area (Å²) in [6, 6.07) is 1.41. The fourth-order valence-corrected chi connectivity index (χ4v) is 2.46. The summed E-state index contributed by atoms with van der Waals surface area (Å²) in [5.41, 5.74) is 4.91. The van der Waals surface area contributed by atoms with E-state index in [9.17, 15) is 14.0 Å². The summed E-state index contributed by atoms with van der Waals surface area (Å²) < 4.78 is 19.3. The van der Waals surface area contributed by atoms with Crippen molar-refractivity contribution in [1.29, 1.82) is 0 Å². The zero-order chi connectivity index (χ0) is 15.9. The highest BCUT2D eigenvalue weighted by molar-refractivity contribution is 6.31. The predicted molar refractivity (Wildman–Crippen MR) is 77.2 cm³/mol. The van der Waals surface area contributed by atoms with E-state index < -0.39 is 23.4 Å². The number of carbonyl (C=O) groups is 2. The van der Waals surface area contributed by atoms with Crippen molar-refractivity contribution in [3.05, 3.63) is 28.0 Å². The molecule has 5 nitrogen and oxygen atoms in total. The number of rotatable bonds is 1. The Bertz CT molecular complexity index is 626. The minimum absolute atomic E-state index is 0.152. The molecule has 0 spiro atoms. The Morgan fingerprint density at radius 1 is 1.43 bits per heavy atom. The maximum atomic E-state index is 14.1. The highest BCUT2D eigenvalue weighted by Crippen LogP contribution is 2.37. The first-order chi connectivity index (χ1) is 9.61. The lowest BCUT2D eigenvalue weighted by atomic mass is 10.1. The molecular weight excluding hydrogens is 299 g/mol. The van der Waals surface area contributed by atoms with Gasteiger partial charge in [-0.1, -0.05) is 11.6 Å². The molecule has 1 aromatic rings. The van der Waals surface area contributed by atoms with Crippen molar-refractivity contribution < 1.29 is 18.7 Å². The van der Waals surface area contributed by atoms with E-state index in [1.165, 1.54) is 11.0 Å². The normalized spacial score (nSPS) is 14.0. The van der Waals surface area contributed by atoms with E-state index in [4.69, 9.17) is 22.1 Å². The van der Waals surface area contributed by atoms with Crippen molar-refractivity contribution in [2.75, 3.05) is 11.4 Å². The summed E-state index contributed by atoms with van der Waals surface area (Å²) >= 11 is 5.76. The third-order valence-corrected chi connectivity index (χ3v) is 3.28. The molecule has 0 radical (unpaired) electrons. The monoisotopic (exact) mass is 314 g/mol. The molecular formula is C14H16ClFN2O3. The molecule has 21 heavy (non-hydrogen) atoms. The summed E-state index contributed by atoms with van der Waals surface area (Å²) in [4.78, 5) is 24.9. The number of nitrogens with two attached hydrogens (primary N) is 1. The summed E-state index contributed by atoms with van der Waals surface area (Å²) in [7, 11) is 0. The summed E-state index contributed by atoms with van der Waals surface area (Å²) in [6.45, 7) is 5.45. The number of carbonyl (C=O) groups excluding carboxylic acids is 2. The highest BCUT2D eigenvalue weighted by Gasteiger charge is 2.34. The molecule has 0 aliphatic carbocycles. The van der Waals surface area contributed by atoms with Crippen LogP contribution in [0.1, 0.15) is 36.7 Å². The average Bonchev–Trinajstić information content (AvgIpc) is 2.70. The van der Waals surface area contributed by atoms with Crippen molar-refractivity contribution in [2.45, 2.75) is 32.8 Å². The fraction of sp³-hybridized carbons (Fsp3) is 0.429. The molecule has 114 valence electrons. The van der Waals surface area contributed by atoms with Crippen molar-refractivity contribution in [2.24, 2.45) is 5.73 Å². The van der Waals surface area contributed by atoms with Crippen LogP contribution in [0.4, 0.5) is 14.9 Å². The highest BCUT2D eigenvalue weighted by atomic mass is 35.5. The Labute approximate surface area is 126 Å². The lowest BCUT2D eigenvalue weighted by Gasteiger charge is -2.25. The molecule has 0 aromatic heterocycles. The molecule has 1 aliphatic rings. The molecule has 7 heteroatoms. The molecule has 0 unspecified atom stereocenters. The van der Waals surface area contributed by atoms with Gasteiger partial charge in [0.1, 0.15) is 11.2 Å². The zero-order valence-electron chi connectivity index (χ0n) is 12.0. The van der Waals surface area contributed by atoms with Gasteiger partial charge in [-0.05, 0) is 38.8 Å². The molecule has 0 atom stereocenters. The van der Waals surface area contributed by atoms with Crippen LogP contribution in [-0.4, -0.2) is 24.1 Å². The number of benzene rings is 1. The fourth-order valence-electron chi connectivity index (χ4n) is 2.24. The van der Waals surface area contributed by atoms with Gasteiger partial charge in [0.2, 0.25) is 0 Å². The molecule has 1 aliphatic heterocycles. The first kappa shape index (κ1) is 15.6. The first-order valence-corrected chi connectivity index (χ1v) is 6.81. The minimum Gasteiger partial charge on any atom is -0.443 e. The summed E-state index contributed by atoms with van der Waals surface area (Å²) in [5, 5.41) is -0.186. The quantitative estimate of drug-likeness (QED) is 0.866. The van der Waals surface area contributed by atoms with Gasteiger partial charge in [-0.2, -0.15) is 0 Å². The van der Waals surface area contributed by atoms with Gasteiger partial charge < -0.3 is 10.5 Å². The predicted octanol–water partition coefficient (Wildman–Crippen LogP) is 2.88. The van der Waals surface area contributed by atoms with Crippen LogP contribution in [0.25, 0.3) is 0 Å². The number of fused-ring (bicyclic) bond motifs is 1. The molecule has 2 rings (SSSR count). The Kier molecular flexibility index (Phi) is 3.84. The maximum Gasteiger partial charge on any atom is 0.414 e. The van der Waals surface area contributed by atoms with E-state index in [2.05, 4.69) is 0 Å². The van der Waals surface area contributed by atoms with E-state index in [1.54, 1.807) is 20.8 Å². The number of anilines is 1. The van der Waals surface area contributed by atoms with Gasteiger partial charge in [0.05, 0.1) is 10.7 Å². The smallest absolute Gasteiger partial charge is 0.414 e. The molecule has 2 amide bonds. The number of ether oxygens (including phenoxy) is 1. The van der Waals surface area contributed by atoms with Gasteiger partial charge in [-0.25, -0.2) is 9.18 Å². The van der Waals surface area contributed by atoms with Crippen molar-refractivity contribution in [3.8, 4) is 0 Å². The molecule has 2 N–H and O–H groups in total. The molecule has 0 saturated carbocycles. The third kappa shape index (κ3) is 2.95. The van der Waals surface area contributed by atoms with Crippen LogP contribution in [0, 0.1) is 5.82 Å². The van der Waals surface area contributed by atoms with Crippen LogP contribution in [-0.2, 0) is 11.2 Å². The van der Waals surface area contributed by atoms with Crippen LogP contribution in [0.3, 0.4) is 0 Å². The van der Waals surface area contributed by atoms with Gasteiger partial charge in [0, 0.05) is 6.54 Å². The number of hydrogen-bond donors (Lipinski definition) is 1. The second-order valence-electron chi connectivity index (χ2n) is 5.80. The number of primary amides is 1. The largest absolute Gasteiger partial charge is 0.443 e. The molecule has 1 aromatic carbocycles. The van der Waals surface area contributed by atoms with E-state index in [-0.39, 0.29) is 22.8 Å². The van der Waals surface area contributed by atoms with Gasteiger partial charge in [0.25, 0.3) is 5.91 Å². The summed E-state index contributed by atoms with van der Waals surface area (Å²) in [6.07, 6.45) is -0.194. The lowest BCUT2D eigenvalue weighted by Crippen LogP contribution is -2.36. The van der Waals surface area contributed by atoms with E-state index in [0.717, 1.165) is 0 Å². The Balaban J connectivity index is 2.50. The van der Waals surface area contributed by atoms with Crippen molar-refractivity contribution >= 4 is 29.3 Å². The Morgan fingerprint density at radius 3 is 2.57 bits per heavy atom. The molecule has 1 heterocycles. The Morgan fingerprint density at radius 2 is 2.05 bits per heavy atom. The van der Waals surface area contributed by atoms with Crippen LogP contribution in [0.2, 0.25) is 5.02 Å². The molecule has 0 fully saturated rings. The van der Waals surface area contributed by atoms with Gasteiger partial charge in [-0.3, -0.25) is 9.69 Å². The topological polar surface area (TPSA) is 72.6 Å². The average molecular weight is 315 g/mol. The third-order valence-electron chi connectivity index (χ3n) is 3.01. The van der Waals surface area contributed by atoms with Crippen LogP contribution >= 0.6 is 11.6 Å². The van der Waals surface area contributed by atoms with Crippen molar-refractivity contribution in [1.82, 2.24) is 0 Å². The number of nitrogens with zero attached hydrogens (tertiary/aromatic N) is 1. The minimum atomic E-state index is -0.971. The second-order valence-corrected chi connectivity index (χ2v) is 6.21. The van der Waals surface area contributed by atoms with E-state index in [0.29, 0.717) is 12.0 Å². The number of hydrogen-bond acceptors (Lipinski definition) is 3. The van der Waals surface area contributed by atoms with E-state index in [1.807, 2.05) is 0 Å². The van der Waals surface area contributed by atoms with Gasteiger partial charge >= 0.3 is 6.09 Å². The second kappa shape index (κ2) is 5.18. The zero-order valence-corrected chi connectivity index (χ0v) is 12.8. The number of amides is 2. The summed E-state index contributed by atoms with van der Waals surface area (Å²) in [5.74, 6) is -1.89. The molecule has 0 bridgehead atoms. The molecule has 0 saturated heterocycles. The van der Waals surface area contributed by atoms with Crippen LogP contribution in [0.15, 0.2) is 6.07 Å². The lowest BCUT2D eigenvalue weighted by molar-refractivity contribution is 0.0584. The first-order valence-electron chi connectivity index (χ1n) is 6.43. The van der Waals surface area contributed by atoms with Crippen LogP contribution in [0.5, 0.6) is 0 Å².